The number of rotatable bonds is 7. The maximum Gasteiger partial charge on any atom is 0.416 e. The van der Waals surface area contributed by atoms with Gasteiger partial charge in [-0.15, -0.1) is 11.3 Å². The third kappa shape index (κ3) is 5.56. The van der Waals surface area contributed by atoms with Gasteiger partial charge in [0.1, 0.15) is 11.5 Å². The molecule has 4 rings (SSSR count). The summed E-state index contributed by atoms with van der Waals surface area (Å²) in [7, 11) is 0. The van der Waals surface area contributed by atoms with Crippen molar-refractivity contribution in [2.75, 3.05) is 13.3 Å². The number of halogens is 4. The van der Waals surface area contributed by atoms with Crippen LogP contribution in [0.15, 0.2) is 48.7 Å². The Morgan fingerprint density at radius 1 is 1.17 bits per heavy atom. The Labute approximate surface area is 207 Å². The lowest BCUT2D eigenvalue weighted by Crippen LogP contribution is -2.36. The third-order valence-electron chi connectivity index (χ3n) is 5.46. The smallest absolute Gasteiger partial charge is 0.416 e. The molecule has 0 atom stereocenters. The number of benzene rings is 2. The number of carbonyl (C=O) groups is 2. The molecule has 0 spiro atoms. The van der Waals surface area contributed by atoms with E-state index in [1.165, 1.54) is 11.8 Å². The first-order valence-corrected chi connectivity index (χ1v) is 11.7. The monoisotopic (exact) mass is 519 g/mol. The van der Waals surface area contributed by atoms with Gasteiger partial charge in [-0.25, -0.2) is 9.37 Å². The Kier molecular flexibility index (Phi) is 7.11. The molecule has 2 aromatic carbocycles. The number of esters is 1. The number of aromatic amines is 1. The molecule has 0 radical (unpaired) electrons. The van der Waals surface area contributed by atoms with E-state index in [-0.39, 0.29) is 29.4 Å². The van der Waals surface area contributed by atoms with Gasteiger partial charge in [0, 0.05) is 30.6 Å². The number of amides is 1. The minimum Gasteiger partial charge on any atom is -0.444 e. The normalized spacial score (nSPS) is 11.6. The van der Waals surface area contributed by atoms with Crippen LogP contribution in [-0.4, -0.2) is 40.0 Å². The van der Waals surface area contributed by atoms with E-state index in [0.717, 1.165) is 39.9 Å². The molecule has 11 heteroatoms. The average Bonchev–Trinajstić information content (AvgIpc) is 3.41. The van der Waals surface area contributed by atoms with Crippen LogP contribution in [0.5, 0.6) is 0 Å². The van der Waals surface area contributed by atoms with Crippen LogP contribution in [0, 0.1) is 12.7 Å². The summed E-state index contributed by atoms with van der Waals surface area (Å²) in [6.07, 6.45) is -2.53. The highest BCUT2D eigenvalue weighted by Crippen LogP contribution is 2.37. The molecule has 6 nitrogen and oxygen atoms in total. The van der Waals surface area contributed by atoms with Gasteiger partial charge in [-0.2, -0.15) is 13.2 Å². The van der Waals surface area contributed by atoms with Crippen LogP contribution in [-0.2, 0) is 22.1 Å². The molecule has 0 saturated carbocycles. The van der Waals surface area contributed by atoms with Crippen molar-refractivity contribution < 1.29 is 31.9 Å². The van der Waals surface area contributed by atoms with Crippen LogP contribution in [0.4, 0.5) is 17.6 Å². The molecule has 0 aliphatic heterocycles. The van der Waals surface area contributed by atoms with E-state index in [2.05, 4.69) is 9.97 Å². The number of aryl methyl sites for hydroxylation is 1. The SMILES string of the molecule is CC(=O)OCN(CCc1c[nH]c2ccccc12)C(=O)c1nc(C)sc1-c1cc(F)cc(C(F)(F)F)c1. The largest absolute Gasteiger partial charge is 0.444 e. The number of nitrogens with zero attached hydrogens (tertiary/aromatic N) is 2. The summed E-state index contributed by atoms with van der Waals surface area (Å²) in [6, 6.07) is 9.74. The molecule has 1 N–H and O–H groups in total. The summed E-state index contributed by atoms with van der Waals surface area (Å²) >= 11 is 0.978. The van der Waals surface area contributed by atoms with E-state index in [9.17, 15) is 27.2 Å². The number of fused-ring (bicyclic) bond motifs is 1. The maximum absolute atomic E-state index is 14.1. The lowest BCUT2D eigenvalue weighted by atomic mass is 10.1. The van der Waals surface area contributed by atoms with Crippen molar-refractivity contribution in [3.05, 3.63) is 76.3 Å². The van der Waals surface area contributed by atoms with Crippen LogP contribution in [0.1, 0.15) is 33.5 Å². The molecule has 0 aliphatic rings. The second-order valence-corrected chi connectivity index (χ2v) is 9.28. The second-order valence-electron chi connectivity index (χ2n) is 8.08. The fourth-order valence-electron chi connectivity index (χ4n) is 3.79. The average molecular weight is 520 g/mol. The second kappa shape index (κ2) is 10.1. The van der Waals surface area contributed by atoms with Crippen molar-refractivity contribution in [3.8, 4) is 10.4 Å². The predicted molar refractivity (Wildman–Crippen MR) is 127 cm³/mol. The number of hydrogen-bond donors (Lipinski definition) is 1. The summed E-state index contributed by atoms with van der Waals surface area (Å²) in [6.45, 7) is 2.56. The first kappa shape index (κ1) is 25.4. The first-order valence-electron chi connectivity index (χ1n) is 10.9. The fraction of sp³-hybridized carbons (Fsp3) is 0.240. The number of ether oxygens (including phenoxy) is 1. The molecular formula is C25H21F4N3O3S. The van der Waals surface area contributed by atoms with Crippen LogP contribution in [0.3, 0.4) is 0 Å². The number of para-hydroxylation sites is 1. The van der Waals surface area contributed by atoms with Gasteiger partial charge in [-0.3, -0.25) is 9.59 Å². The van der Waals surface area contributed by atoms with E-state index in [4.69, 9.17) is 4.74 Å². The molecule has 0 fully saturated rings. The standard InChI is InChI=1S/C25H21F4N3O3S/c1-14-31-22(23(36-14)17-9-18(25(27,28)29)11-19(26)10-17)24(34)32(13-35-15(2)33)8-7-16-12-30-21-6-4-3-5-20(16)21/h3-6,9-12,30H,7-8,13H2,1-2H3. The quantitative estimate of drug-likeness (QED) is 0.186. The highest BCUT2D eigenvalue weighted by molar-refractivity contribution is 7.15. The lowest BCUT2D eigenvalue weighted by Gasteiger charge is -2.22. The highest BCUT2D eigenvalue weighted by Gasteiger charge is 2.32. The molecule has 0 saturated heterocycles. The molecule has 0 bridgehead atoms. The zero-order valence-corrected chi connectivity index (χ0v) is 20.1. The summed E-state index contributed by atoms with van der Waals surface area (Å²) < 4.78 is 59.0. The van der Waals surface area contributed by atoms with E-state index >= 15 is 0 Å². The summed E-state index contributed by atoms with van der Waals surface area (Å²) in [5.41, 5.74) is 0.441. The number of aromatic nitrogens is 2. The van der Waals surface area contributed by atoms with E-state index in [1.54, 1.807) is 6.92 Å². The van der Waals surface area contributed by atoms with Gasteiger partial charge in [0.05, 0.1) is 15.4 Å². The number of alkyl halides is 3. The Morgan fingerprint density at radius 2 is 1.92 bits per heavy atom. The van der Waals surface area contributed by atoms with Crippen molar-refractivity contribution in [2.45, 2.75) is 26.4 Å². The zero-order chi connectivity index (χ0) is 26.0. The van der Waals surface area contributed by atoms with Crippen LogP contribution >= 0.6 is 11.3 Å². The predicted octanol–water partition coefficient (Wildman–Crippen LogP) is 5.96. The molecule has 2 aromatic heterocycles. The molecular weight excluding hydrogens is 498 g/mol. The van der Waals surface area contributed by atoms with Crippen molar-refractivity contribution in [1.82, 2.24) is 14.9 Å². The molecule has 4 aromatic rings. The van der Waals surface area contributed by atoms with E-state index in [0.29, 0.717) is 17.5 Å². The number of thiazole rings is 1. The Balaban J connectivity index is 1.67. The van der Waals surface area contributed by atoms with Crippen molar-refractivity contribution in [2.24, 2.45) is 0 Å². The molecule has 188 valence electrons. The summed E-state index contributed by atoms with van der Waals surface area (Å²) in [4.78, 5) is 33.7. The maximum atomic E-state index is 14.1. The van der Waals surface area contributed by atoms with Gasteiger partial charge < -0.3 is 14.6 Å². The molecule has 2 heterocycles. The van der Waals surface area contributed by atoms with Crippen molar-refractivity contribution in [3.63, 3.8) is 0 Å². The van der Waals surface area contributed by atoms with Crippen LogP contribution < -0.4 is 0 Å². The van der Waals surface area contributed by atoms with Crippen molar-refractivity contribution in [1.29, 1.82) is 0 Å². The topological polar surface area (TPSA) is 75.3 Å². The van der Waals surface area contributed by atoms with Gasteiger partial charge in [0.15, 0.2) is 6.73 Å². The number of nitrogens with one attached hydrogen (secondary N) is 1. The Morgan fingerprint density at radius 3 is 2.64 bits per heavy atom. The van der Waals surface area contributed by atoms with Crippen LogP contribution in [0.25, 0.3) is 21.3 Å². The van der Waals surface area contributed by atoms with Gasteiger partial charge in [-0.1, -0.05) is 18.2 Å². The van der Waals surface area contributed by atoms with Crippen LogP contribution in [0.2, 0.25) is 0 Å². The minimum absolute atomic E-state index is 0.0995. The highest BCUT2D eigenvalue weighted by atomic mass is 32.1. The Hall–Kier alpha value is -3.73. The Bertz CT molecular complexity index is 1430. The summed E-state index contributed by atoms with van der Waals surface area (Å²) in [5, 5.41) is 1.39. The summed E-state index contributed by atoms with van der Waals surface area (Å²) in [5.74, 6) is -2.33. The van der Waals surface area contributed by atoms with Gasteiger partial charge >= 0.3 is 12.1 Å². The molecule has 36 heavy (non-hydrogen) atoms. The molecule has 1 amide bonds. The van der Waals surface area contributed by atoms with Gasteiger partial charge in [0.25, 0.3) is 5.91 Å². The number of hydrogen-bond acceptors (Lipinski definition) is 5. The van der Waals surface area contributed by atoms with E-state index < -0.39 is 29.4 Å². The first-order chi connectivity index (χ1) is 17.0. The minimum atomic E-state index is -4.76. The van der Waals surface area contributed by atoms with Gasteiger partial charge in [-0.05, 0) is 48.7 Å². The zero-order valence-electron chi connectivity index (χ0n) is 19.3. The lowest BCUT2D eigenvalue weighted by molar-refractivity contribution is -0.144. The molecule has 0 aliphatic carbocycles. The van der Waals surface area contributed by atoms with Crippen molar-refractivity contribution >= 4 is 34.1 Å². The molecule has 0 unspecified atom stereocenters. The van der Waals surface area contributed by atoms with Gasteiger partial charge in [0.2, 0.25) is 0 Å². The fourth-order valence-corrected chi connectivity index (χ4v) is 4.69. The third-order valence-corrected chi connectivity index (χ3v) is 6.48. The van der Waals surface area contributed by atoms with E-state index in [1.807, 2.05) is 30.5 Å². The number of carbonyl (C=O) groups excluding carboxylic acids is 2. The number of H-pyrrole nitrogens is 1.